The summed E-state index contributed by atoms with van der Waals surface area (Å²) in [6.07, 6.45) is 0. The van der Waals surface area contributed by atoms with Crippen molar-refractivity contribution in [2.75, 3.05) is 6.61 Å². The Kier molecular flexibility index (Phi) is 5.49. The van der Waals surface area contributed by atoms with Gasteiger partial charge in [0.15, 0.2) is 0 Å². The van der Waals surface area contributed by atoms with Crippen molar-refractivity contribution in [1.29, 1.82) is 0 Å². The molecule has 2 amide bonds. The van der Waals surface area contributed by atoms with E-state index in [1.807, 2.05) is 48.9 Å². The SMILES string of the molecule is CCOc1ccc(C(=O)NNC(=O)c2cc3c(C)nn(-c4ccccc4)c3s2)cc1. The van der Waals surface area contributed by atoms with E-state index in [1.165, 1.54) is 11.3 Å². The first-order chi connectivity index (χ1) is 14.6. The zero-order valence-corrected chi connectivity index (χ0v) is 17.3. The molecule has 0 bridgehead atoms. The van der Waals surface area contributed by atoms with Crippen molar-refractivity contribution >= 4 is 33.4 Å². The predicted octanol–water partition coefficient (Wildman–Crippen LogP) is 3.87. The number of benzene rings is 2. The normalized spacial score (nSPS) is 10.7. The first-order valence-electron chi connectivity index (χ1n) is 9.45. The predicted molar refractivity (Wildman–Crippen MR) is 116 cm³/mol. The number of hydrogen-bond acceptors (Lipinski definition) is 5. The van der Waals surface area contributed by atoms with E-state index in [9.17, 15) is 9.59 Å². The first-order valence-corrected chi connectivity index (χ1v) is 10.3. The van der Waals surface area contributed by atoms with Gasteiger partial charge in [0.2, 0.25) is 0 Å². The fourth-order valence-electron chi connectivity index (χ4n) is 3.02. The Bertz CT molecular complexity index is 1200. The van der Waals surface area contributed by atoms with Gasteiger partial charge < -0.3 is 4.74 Å². The number of ether oxygens (including phenoxy) is 1. The number of carbonyl (C=O) groups is 2. The zero-order valence-electron chi connectivity index (χ0n) is 16.5. The van der Waals surface area contributed by atoms with Crippen LogP contribution >= 0.6 is 11.3 Å². The van der Waals surface area contributed by atoms with Crippen molar-refractivity contribution in [3.05, 3.63) is 76.8 Å². The fraction of sp³-hybridized carbons (Fsp3) is 0.136. The molecular weight excluding hydrogens is 400 g/mol. The van der Waals surface area contributed by atoms with Gasteiger partial charge in [0.25, 0.3) is 11.8 Å². The molecule has 0 atom stereocenters. The Morgan fingerprint density at radius 2 is 1.73 bits per heavy atom. The van der Waals surface area contributed by atoms with Crippen LogP contribution in [0.3, 0.4) is 0 Å². The summed E-state index contributed by atoms with van der Waals surface area (Å²) in [5.41, 5.74) is 7.11. The van der Waals surface area contributed by atoms with Crippen LogP contribution < -0.4 is 15.6 Å². The Balaban J connectivity index is 1.48. The standard InChI is InChI=1S/C22H20N4O3S/c1-3-29-17-11-9-15(10-12-17)20(27)23-24-21(28)19-13-18-14(2)25-26(22(18)30-19)16-7-5-4-6-8-16/h4-13H,3H2,1-2H3,(H,23,27)(H,24,28). The quantitative estimate of drug-likeness (QED) is 0.480. The summed E-state index contributed by atoms with van der Waals surface area (Å²) in [6, 6.07) is 18.2. The Morgan fingerprint density at radius 3 is 2.43 bits per heavy atom. The number of thiophene rings is 1. The molecule has 0 aliphatic heterocycles. The topological polar surface area (TPSA) is 85.2 Å². The van der Waals surface area contributed by atoms with Gasteiger partial charge in [-0.05, 0) is 56.3 Å². The highest BCUT2D eigenvalue weighted by molar-refractivity contribution is 7.20. The van der Waals surface area contributed by atoms with Gasteiger partial charge in [-0.25, -0.2) is 4.68 Å². The number of nitrogens with one attached hydrogen (secondary N) is 2. The van der Waals surface area contributed by atoms with Gasteiger partial charge in [0.1, 0.15) is 10.6 Å². The van der Waals surface area contributed by atoms with Crippen molar-refractivity contribution in [3.63, 3.8) is 0 Å². The van der Waals surface area contributed by atoms with Crippen molar-refractivity contribution in [2.45, 2.75) is 13.8 Å². The minimum absolute atomic E-state index is 0.380. The fourth-order valence-corrected chi connectivity index (χ4v) is 4.10. The molecule has 0 spiro atoms. The lowest BCUT2D eigenvalue weighted by Gasteiger charge is -2.07. The average molecular weight is 420 g/mol. The molecule has 0 saturated carbocycles. The van der Waals surface area contributed by atoms with Gasteiger partial charge >= 0.3 is 0 Å². The second kappa shape index (κ2) is 8.38. The van der Waals surface area contributed by atoms with Crippen LogP contribution in [0.5, 0.6) is 5.75 Å². The van der Waals surface area contributed by atoms with Crippen LogP contribution in [0.2, 0.25) is 0 Å². The maximum atomic E-state index is 12.6. The second-order valence-electron chi connectivity index (χ2n) is 6.53. The van der Waals surface area contributed by atoms with Crippen LogP contribution in [-0.4, -0.2) is 28.2 Å². The second-order valence-corrected chi connectivity index (χ2v) is 7.56. The highest BCUT2D eigenvalue weighted by Crippen LogP contribution is 2.30. The number of fused-ring (bicyclic) bond motifs is 1. The smallest absolute Gasteiger partial charge is 0.279 e. The third kappa shape index (κ3) is 3.90. The molecule has 0 fully saturated rings. The summed E-state index contributed by atoms with van der Waals surface area (Å²) in [6.45, 7) is 4.35. The number of rotatable bonds is 5. The molecule has 30 heavy (non-hydrogen) atoms. The Labute approximate surface area is 177 Å². The third-order valence-corrected chi connectivity index (χ3v) is 5.60. The monoisotopic (exact) mass is 420 g/mol. The van der Waals surface area contributed by atoms with Crippen LogP contribution in [0.1, 0.15) is 32.6 Å². The van der Waals surface area contributed by atoms with E-state index in [1.54, 1.807) is 30.3 Å². The molecule has 2 N–H and O–H groups in total. The number of hydrogen-bond donors (Lipinski definition) is 2. The largest absolute Gasteiger partial charge is 0.494 e. The van der Waals surface area contributed by atoms with E-state index < -0.39 is 5.91 Å². The summed E-state index contributed by atoms with van der Waals surface area (Å²) in [7, 11) is 0. The average Bonchev–Trinajstić information content (AvgIpc) is 3.34. The molecule has 0 aliphatic rings. The van der Waals surface area contributed by atoms with Crippen LogP contribution in [0.4, 0.5) is 0 Å². The third-order valence-electron chi connectivity index (χ3n) is 4.49. The lowest BCUT2D eigenvalue weighted by Crippen LogP contribution is -2.41. The maximum absolute atomic E-state index is 12.6. The molecule has 0 unspecified atom stereocenters. The van der Waals surface area contributed by atoms with Gasteiger partial charge in [-0.2, -0.15) is 5.10 Å². The zero-order chi connectivity index (χ0) is 21.1. The molecular formula is C22H20N4O3S. The molecule has 8 heteroatoms. The van der Waals surface area contributed by atoms with Gasteiger partial charge in [0.05, 0.1) is 22.9 Å². The number of aromatic nitrogens is 2. The molecule has 2 aromatic heterocycles. The van der Waals surface area contributed by atoms with Crippen LogP contribution in [-0.2, 0) is 0 Å². The van der Waals surface area contributed by atoms with E-state index >= 15 is 0 Å². The molecule has 0 saturated heterocycles. The number of para-hydroxylation sites is 1. The number of carbonyl (C=O) groups excluding carboxylic acids is 2. The van der Waals surface area contributed by atoms with Crippen molar-refractivity contribution in [1.82, 2.24) is 20.6 Å². The van der Waals surface area contributed by atoms with Crippen LogP contribution in [0.15, 0.2) is 60.7 Å². The number of amides is 2. The first kappa shape index (κ1) is 19.7. The van der Waals surface area contributed by atoms with Crippen molar-refractivity contribution < 1.29 is 14.3 Å². The molecule has 2 heterocycles. The van der Waals surface area contributed by atoms with Gasteiger partial charge in [0, 0.05) is 10.9 Å². The molecule has 2 aromatic carbocycles. The lowest BCUT2D eigenvalue weighted by atomic mass is 10.2. The highest BCUT2D eigenvalue weighted by Gasteiger charge is 2.17. The summed E-state index contributed by atoms with van der Waals surface area (Å²) < 4.78 is 7.19. The summed E-state index contributed by atoms with van der Waals surface area (Å²) in [5.74, 6) is -0.0974. The molecule has 152 valence electrons. The van der Waals surface area contributed by atoms with Gasteiger partial charge in [-0.15, -0.1) is 11.3 Å². The molecule has 4 aromatic rings. The minimum atomic E-state index is -0.404. The van der Waals surface area contributed by atoms with Crippen molar-refractivity contribution in [3.8, 4) is 11.4 Å². The highest BCUT2D eigenvalue weighted by atomic mass is 32.1. The van der Waals surface area contributed by atoms with Gasteiger partial charge in [-0.3, -0.25) is 20.4 Å². The lowest BCUT2D eigenvalue weighted by molar-refractivity contribution is 0.0849. The van der Waals surface area contributed by atoms with E-state index in [2.05, 4.69) is 16.0 Å². The number of hydrazine groups is 1. The number of nitrogens with zero attached hydrogens (tertiary/aromatic N) is 2. The Morgan fingerprint density at radius 1 is 1.03 bits per heavy atom. The van der Waals surface area contributed by atoms with E-state index in [-0.39, 0.29) is 5.91 Å². The van der Waals surface area contributed by atoms with Crippen LogP contribution in [0, 0.1) is 6.92 Å². The summed E-state index contributed by atoms with van der Waals surface area (Å²) >= 11 is 1.32. The number of aryl methyl sites for hydroxylation is 1. The van der Waals surface area contributed by atoms with Crippen molar-refractivity contribution in [2.24, 2.45) is 0 Å². The van der Waals surface area contributed by atoms with Gasteiger partial charge in [-0.1, -0.05) is 18.2 Å². The minimum Gasteiger partial charge on any atom is -0.494 e. The van der Waals surface area contributed by atoms with Crippen LogP contribution in [0.25, 0.3) is 15.9 Å². The van der Waals surface area contributed by atoms with E-state index in [0.717, 1.165) is 21.6 Å². The summed E-state index contributed by atoms with van der Waals surface area (Å²) in [4.78, 5) is 26.2. The molecule has 0 aliphatic carbocycles. The summed E-state index contributed by atoms with van der Waals surface area (Å²) in [5, 5.41) is 5.48. The molecule has 7 nitrogen and oxygen atoms in total. The van der Waals surface area contributed by atoms with E-state index in [4.69, 9.17) is 4.74 Å². The maximum Gasteiger partial charge on any atom is 0.279 e. The molecule has 4 rings (SSSR count). The molecule has 0 radical (unpaired) electrons. The van der Waals surface area contributed by atoms with E-state index in [0.29, 0.717) is 22.8 Å². The Hall–Kier alpha value is -3.65.